The number of aliphatic hydroxyl groups is 1. The molecule has 0 saturated carbocycles. The molecular weight excluding hydrogens is 511 g/mol. The van der Waals surface area contributed by atoms with E-state index in [4.69, 9.17) is 16.7 Å². The van der Waals surface area contributed by atoms with Crippen molar-refractivity contribution >= 4 is 44.8 Å². The van der Waals surface area contributed by atoms with Crippen LogP contribution in [0.5, 0.6) is 0 Å². The molecule has 0 radical (unpaired) electrons. The van der Waals surface area contributed by atoms with Crippen molar-refractivity contribution in [3.8, 4) is 0 Å². The predicted octanol–water partition coefficient (Wildman–Crippen LogP) is 6.40. The highest BCUT2D eigenvalue weighted by atomic mass is 79.9. The van der Waals surface area contributed by atoms with Crippen molar-refractivity contribution in [3.05, 3.63) is 62.9 Å². The van der Waals surface area contributed by atoms with Gasteiger partial charge in [0.25, 0.3) is 0 Å². The largest absolute Gasteiger partial charge is 0.417 e. The number of hydrogen-bond acceptors (Lipinski definition) is 3. The first-order valence-corrected chi connectivity index (χ1v) is 11.2. The number of anilines is 1. The Balaban J connectivity index is 0.00000176. The lowest BCUT2D eigenvalue weighted by atomic mass is 10.0. The van der Waals surface area contributed by atoms with Crippen LogP contribution in [0.15, 0.2) is 41.0 Å². The number of rotatable bonds is 4. The highest BCUT2D eigenvalue weighted by molar-refractivity contribution is 9.10. The molecule has 2 N–H and O–H groups in total. The maximum Gasteiger partial charge on any atom is 0.417 e. The number of alkyl halides is 3. The van der Waals surface area contributed by atoms with Crippen LogP contribution in [0.4, 0.5) is 23.7 Å². The number of halogens is 5. The molecule has 0 saturated heterocycles. The van der Waals surface area contributed by atoms with Gasteiger partial charge < -0.3 is 15.3 Å². The number of hydrogen-bond donors (Lipinski definition) is 2. The number of nitrogens with one attached hydrogen (secondary N) is 1. The van der Waals surface area contributed by atoms with Gasteiger partial charge in [-0.1, -0.05) is 47.5 Å². The Hall–Kier alpha value is -2.10. The summed E-state index contributed by atoms with van der Waals surface area (Å²) < 4.78 is 39.0. The molecule has 2 amide bonds. The zero-order valence-corrected chi connectivity index (χ0v) is 20.0. The molecule has 2 heterocycles. The van der Waals surface area contributed by atoms with Gasteiger partial charge in [0.15, 0.2) is 0 Å². The molecule has 2 aromatic rings. The molecule has 0 spiro atoms. The van der Waals surface area contributed by atoms with Crippen LogP contribution in [0.2, 0.25) is 5.02 Å². The SMILES string of the molecule is CC.O=C(Nc1ccc(Br)c(C(F)(F)F)c1)N1CC=C(c2ncc(CCO)cc2Cl)CC1. The van der Waals surface area contributed by atoms with Crippen LogP contribution < -0.4 is 5.32 Å². The van der Waals surface area contributed by atoms with Crippen LogP contribution in [0.3, 0.4) is 0 Å². The monoisotopic (exact) mass is 533 g/mol. The molecule has 1 aliphatic rings. The summed E-state index contributed by atoms with van der Waals surface area (Å²) in [5.74, 6) is 0. The first-order chi connectivity index (χ1) is 15.2. The summed E-state index contributed by atoms with van der Waals surface area (Å²) in [5, 5.41) is 12.0. The summed E-state index contributed by atoms with van der Waals surface area (Å²) in [6.45, 7) is 4.66. The second-order valence-corrected chi connectivity index (χ2v) is 7.96. The number of benzene rings is 1. The Morgan fingerprint density at radius 2 is 2.03 bits per heavy atom. The zero-order valence-electron chi connectivity index (χ0n) is 17.6. The molecule has 0 unspecified atom stereocenters. The van der Waals surface area contributed by atoms with E-state index >= 15 is 0 Å². The first kappa shape index (κ1) is 26.2. The summed E-state index contributed by atoms with van der Waals surface area (Å²) in [4.78, 5) is 18.3. The van der Waals surface area contributed by atoms with Crippen molar-refractivity contribution < 1.29 is 23.1 Å². The van der Waals surface area contributed by atoms with Gasteiger partial charge >= 0.3 is 12.2 Å². The molecule has 1 aromatic carbocycles. The Bertz CT molecular complexity index is 983. The highest BCUT2D eigenvalue weighted by Gasteiger charge is 2.33. The van der Waals surface area contributed by atoms with E-state index in [0.717, 1.165) is 17.2 Å². The maximum absolute atomic E-state index is 13.0. The van der Waals surface area contributed by atoms with Gasteiger partial charge in [-0.3, -0.25) is 4.98 Å². The third-order valence-electron chi connectivity index (χ3n) is 4.62. The molecule has 10 heteroatoms. The Labute approximate surface area is 198 Å². The normalized spacial score (nSPS) is 13.8. The smallest absolute Gasteiger partial charge is 0.396 e. The van der Waals surface area contributed by atoms with Crippen molar-refractivity contribution in [2.75, 3.05) is 25.0 Å². The lowest BCUT2D eigenvalue weighted by Crippen LogP contribution is -2.38. The molecule has 5 nitrogen and oxygen atoms in total. The zero-order chi connectivity index (χ0) is 23.9. The fourth-order valence-corrected chi connectivity index (χ4v) is 3.85. The van der Waals surface area contributed by atoms with Crippen LogP contribution in [0, 0.1) is 0 Å². The van der Waals surface area contributed by atoms with Gasteiger partial charge in [0, 0.05) is 36.1 Å². The van der Waals surface area contributed by atoms with Crippen molar-refractivity contribution in [3.63, 3.8) is 0 Å². The van der Waals surface area contributed by atoms with Gasteiger partial charge in [-0.2, -0.15) is 13.2 Å². The topological polar surface area (TPSA) is 65.5 Å². The minimum absolute atomic E-state index is 0.00690. The van der Waals surface area contributed by atoms with E-state index < -0.39 is 17.8 Å². The maximum atomic E-state index is 13.0. The third kappa shape index (κ3) is 6.70. The lowest BCUT2D eigenvalue weighted by Gasteiger charge is -2.27. The number of carbonyl (C=O) groups is 1. The standard InChI is InChI=1S/C20H18BrClF3N3O2.C2H6/c21-16-2-1-14(10-15(16)20(23,24)25)27-19(30)28-6-3-13(4-7-28)18-17(22)9-12(5-8-29)11-26-18;1-2/h1-3,9-11,29H,4-8H2,(H,27,30);1-2H3. The van der Waals surface area contributed by atoms with Crippen molar-refractivity contribution in [2.45, 2.75) is 32.9 Å². The summed E-state index contributed by atoms with van der Waals surface area (Å²) in [7, 11) is 0. The second-order valence-electron chi connectivity index (χ2n) is 6.70. The number of urea groups is 1. The van der Waals surface area contributed by atoms with E-state index in [1.165, 1.54) is 17.0 Å². The molecule has 174 valence electrons. The summed E-state index contributed by atoms with van der Waals surface area (Å²) in [6.07, 6.45) is -0.0735. The van der Waals surface area contributed by atoms with Gasteiger partial charge in [-0.05, 0) is 48.2 Å². The van der Waals surface area contributed by atoms with Gasteiger partial charge in [0.05, 0.1) is 16.3 Å². The van der Waals surface area contributed by atoms with Crippen LogP contribution in [-0.4, -0.2) is 40.7 Å². The van der Waals surface area contributed by atoms with E-state index in [-0.39, 0.29) is 23.3 Å². The van der Waals surface area contributed by atoms with Crippen LogP contribution >= 0.6 is 27.5 Å². The minimum Gasteiger partial charge on any atom is -0.396 e. The first-order valence-electron chi connectivity index (χ1n) is 10.1. The molecule has 0 fully saturated rings. The molecule has 1 aromatic heterocycles. The van der Waals surface area contributed by atoms with E-state index in [1.54, 1.807) is 12.3 Å². The summed E-state index contributed by atoms with van der Waals surface area (Å²) >= 11 is 9.17. The highest BCUT2D eigenvalue weighted by Crippen LogP contribution is 2.36. The number of nitrogens with zero attached hydrogens (tertiary/aromatic N) is 2. The predicted molar refractivity (Wildman–Crippen MR) is 124 cm³/mol. The molecule has 3 rings (SSSR count). The third-order valence-corrected chi connectivity index (χ3v) is 5.60. The van der Waals surface area contributed by atoms with E-state index in [2.05, 4.69) is 26.2 Å². The Morgan fingerprint density at radius 1 is 1.31 bits per heavy atom. The quantitative estimate of drug-likeness (QED) is 0.477. The van der Waals surface area contributed by atoms with E-state index in [0.29, 0.717) is 30.1 Å². The van der Waals surface area contributed by atoms with Gasteiger partial charge in [-0.25, -0.2) is 4.79 Å². The number of aromatic nitrogens is 1. The van der Waals surface area contributed by atoms with Crippen LogP contribution in [0.25, 0.3) is 5.57 Å². The fourth-order valence-electron chi connectivity index (χ4n) is 3.07. The Morgan fingerprint density at radius 3 is 2.59 bits per heavy atom. The van der Waals surface area contributed by atoms with Crippen LogP contribution in [0.1, 0.15) is 37.1 Å². The lowest BCUT2D eigenvalue weighted by molar-refractivity contribution is -0.138. The summed E-state index contributed by atoms with van der Waals surface area (Å²) in [6, 6.07) is 4.82. The average molecular weight is 535 g/mol. The van der Waals surface area contributed by atoms with Crippen molar-refractivity contribution in [1.82, 2.24) is 9.88 Å². The number of amides is 2. The van der Waals surface area contributed by atoms with Crippen molar-refractivity contribution in [2.24, 2.45) is 0 Å². The average Bonchev–Trinajstić information content (AvgIpc) is 2.76. The summed E-state index contributed by atoms with van der Waals surface area (Å²) in [5.41, 5.74) is 1.56. The second kappa shape index (κ2) is 11.7. The molecular formula is C22H24BrClF3N3O2. The fraction of sp³-hybridized carbons (Fsp3) is 0.364. The van der Waals surface area contributed by atoms with Crippen molar-refractivity contribution in [1.29, 1.82) is 0 Å². The van der Waals surface area contributed by atoms with Gasteiger partial charge in [-0.15, -0.1) is 0 Å². The molecule has 1 aliphatic heterocycles. The van der Waals surface area contributed by atoms with Gasteiger partial charge in [0.2, 0.25) is 0 Å². The number of aliphatic hydroxyl groups excluding tert-OH is 1. The van der Waals surface area contributed by atoms with E-state index in [1.807, 2.05) is 19.9 Å². The number of carbonyl (C=O) groups excluding carboxylic acids is 1. The van der Waals surface area contributed by atoms with E-state index in [9.17, 15) is 18.0 Å². The van der Waals surface area contributed by atoms with Gasteiger partial charge in [0.1, 0.15) is 0 Å². The molecule has 0 bridgehead atoms. The Kier molecular flexibility index (Phi) is 9.54. The molecule has 0 atom stereocenters. The van der Waals surface area contributed by atoms with Crippen LogP contribution in [-0.2, 0) is 12.6 Å². The molecule has 32 heavy (non-hydrogen) atoms. The number of pyridine rings is 1. The molecule has 0 aliphatic carbocycles. The minimum atomic E-state index is -4.53.